The first-order valence-corrected chi connectivity index (χ1v) is 18.5. The molecule has 0 fully saturated rings. The zero-order chi connectivity index (χ0) is 35.4. The fourth-order valence-corrected chi connectivity index (χ4v) is 8.04. The van der Waals surface area contributed by atoms with Gasteiger partial charge in [-0.1, -0.05) is 60.7 Å². The first-order chi connectivity index (χ1) is 25.5. The zero-order valence-corrected chi connectivity index (χ0v) is 29.4. The maximum atomic E-state index is 12.2. The van der Waals surface area contributed by atoms with E-state index >= 15 is 0 Å². The molecule has 0 bridgehead atoms. The Labute approximate surface area is 306 Å². The van der Waals surface area contributed by atoms with Crippen LogP contribution in [-0.4, -0.2) is 36.2 Å². The van der Waals surface area contributed by atoms with Crippen LogP contribution in [0.2, 0.25) is 0 Å². The summed E-state index contributed by atoms with van der Waals surface area (Å²) < 4.78 is 8.23. The lowest BCUT2D eigenvalue weighted by Crippen LogP contribution is -2.32. The van der Waals surface area contributed by atoms with Gasteiger partial charge in [0.15, 0.2) is 17.9 Å². The molecule has 8 rings (SSSR count). The molecular weight excluding hydrogens is 695 g/mol. The third kappa shape index (κ3) is 6.81. The van der Waals surface area contributed by atoms with Gasteiger partial charge in [0, 0.05) is 58.0 Å². The average molecular weight is 727 g/mol. The molecule has 0 aliphatic rings. The third-order valence-electron chi connectivity index (χ3n) is 8.71. The van der Waals surface area contributed by atoms with E-state index in [-0.39, 0.29) is 18.2 Å². The summed E-state index contributed by atoms with van der Waals surface area (Å²) in [5.74, 6) is -1.20. The molecule has 10 nitrogen and oxygen atoms in total. The van der Waals surface area contributed by atoms with Crippen molar-refractivity contribution in [3.8, 4) is 65.6 Å². The Morgan fingerprint density at radius 2 is 1.40 bits per heavy atom. The number of aromatic hydroxyl groups is 2. The fourth-order valence-electron chi connectivity index (χ4n) is 6.07. The second-order valence-corrected chi connectivity index (χ2v) is 14.2. The standard InChI is InChI=1S/C40H31N5O5S2/c46-33-17-18-34(47)45(33)49-35(48)14-8-3-9-21-44-22-19-28(20-23-44)37-36(32-24-29(25-51-32)26-10-4-1-5-11-26)39-40(43-50-42-39)38(41-37)31-16-15-30(52-31)27-12-6-2-7-13-27/h1-2,4-7,10-13,15-20,22-25,42H,3,8-9,14,21H2/p+1. The quantitative estimate of drug-likeness (QED) is 0.0945. The Morgan fingerprint density at radius 3 is 2.15 bits per heavy atom. The van der Waals surface area contributed by atoms with Crippen molar-refractivity contribution >= 4 is 39.7 Å². The lowest BCUT2D eigenvalue weighted by atomic mass is 10.0. The van der Waals surface area contributed by atoms with Crippen LogP contribution in [0.1, 0.15) is 25.7 Å². The number of hydrogen-bond donors (Lipinski definition) is 2. The van der Waals surface area contributed by atoms with Crippen molar-refractivity contribution in [3.63, 3.8) is 0 Å². The molecule has 6 aromatic heterocycles. The van der Waals surface area contributed by atoms with Crippen LogP contribution in [0.25, 0.3) is 64.9 Å². The molecule has 52 heavy (non-hydrogen) atoms. The largest absolute Gasteiger partial charge is 0.492 e. The summed E-state index contributed by atoms with van der Waals surface area (Å²) in [4.78, 5) is 25.7. The molecule has 0 saturated heterocycles. The molecule has 0 unspecified atom stereocenters. The molecule has 0 saturated carbocycles. The average Bonchev–Trinajstić information content (AvgIpc) is 4.02. The molecule has 2 N–H and O–H groups in total. The van der Waals surface area contributed by atoms with Gasteiger partial charge in [-0.15, -0.1) is 27.4 Å². The number of fused-ring (bicyclic) bond motifs is 1. The summed E-state index contributed by atoms with van der Waals surface area (Å²) in [7, 11) is 0. The van der Waals surface area contributed by atoms with E-state index in [1.165, 1.54) is 12.1 Å². The molecule has 8 aromatic rings. The van der Waals surface area contributed by atoms with Crippen LogP contribution in [0.3, 0.4) is 0 Å². The van der Waals surface area contributed by atoms with E-state index in [0.29, 0.717) is 22.2 Å². The highest BCUT2D eigenvalue weighted by molar-refractivity contribution is 7.18. The van der Waals surface area contributed by atoms with Crippen molar-refractivity contribution in [2.75, 3.05) is 0 Å². The third-order valence-corrected chi connectivity index (χ3v) is 10.8. The van der Waals surface area contributed by atoms with Gasteiger partial charge in [0.1, 0.15) is 17.8 Å². The van der Waals surface area contributed by atoms with E-state index in [9.17, 15) is 15.0 Å². The molecule has 6 heterocycles. The van der Waals surface area contributed by atoms with E-state index in [0.717, 1.165) is 73.2 Å². The second kappa shape index (κ2) is 14.6. The molecule has 12 heteroatoms. The van der Waals surface area contributed by atoms with Gasteiger partial charge in [-0.3, -0.25) is 0 Å². The van der Waals surface area contributed by atoms with E-state index in [2.05, 4.69) is 74.9 Å². The number of nitrogens with zero attached hydrogens (tertiary/aromatic N) is 5. The molecule has 0 radical (unpaired) electrons. The first-order valence-electron chi connectivity index (χ1n) is 16.8. The van der Waals surface area contributed by atoms with Crippen LogP contribution in [-0.2, 0) is 11.3 Å². The van der Waals surface area contributed by atoms with Crippen molar-refractivity contribution in [1.82, 2.24) is 20.0 Å². The van der Waals surface area contributed by atoms with Gasteiger partial charge in [-0.2, -0.15) is 0 Å². The fraction of sp³-hybridized carbons (Fsp3) is 0.125. The lowest BCUT2D eigenvalue weighted by Gasteiger charge is -2.10. The predicted molar refractivity (Wildman–Crippen MR) is 201 cm³/mol. The normalized spacial score (nSPS) is 11.3. The van der Waals surface area contributed by atoms with Gasteiger partial charge in [0.25, 0.3) is 0 Å². The monoisotopic (exact) mass is 726 g/mol. The van der Waals surface area contributed by atoms with Crippen LogP contribution < -0.4 is 9.40 Å². The maximum absolute atomic E-state index is 12.2. The van der Waals surface area contributed by atoms with E-state index in [1.54, 1.807) is 22.7 Å². The molecule has 0 aliphatic heterocycles. The highest BCUT2D eigenvalue weighted by Gasteiger charge is 2.25. The van der Waals surface area contributed by atoms with Gasteiger partial charge in [0.2, 0.25) is 11.8 Å². The minimum atomic E-state index is -0.527. The minimum absolute atomic E-state index is 0.169. The summed E-state index contributed by atoms with van der Waals surface area (Å²) >= 11 is 3.30. The number of rotatable bonds is 12. The molecule has 0 amide bonds. The number of carbonyl (C=O) groups is 1. The van der Waals surface area contributed by atoms with Crippen LogP contribution in [0.4, 0.5) is 0 Å². The number of aromatic nitrogens is 5. The number of carbonyl (C=O) groups excluding carboxylic acids is 1. The Kier molecular flexibility index (Phi) is 9.30. The predicted octanol–water partition coefficient (Wildman–Crippen LogP) is 8.79. The number of pyridine rings is 2. The summed E-state index contributed by atoms with van der Waals surface area (Å²) in [6.45, 7) is 0.759. The van der Waals surface area contributed by atoms with Gasteiger partial charge in [-0.05, 0) is 63.4 Å². The molecule has 0 aliphatic carbocycles. The van der Waals surface area contributed by atoms with Gasteiger partial charge in [-0.25, -0.2) is 19.0 Å². The summed E-state index contributed by atoms with van der Waals surface area (Å²) in [6.07, 6.45) is 6.51. The number of thiophene rings is 2. The Bertz CT molecular complexity index is 2450. The van der Waals surface area contributed by atoms with Crippen molar-refractivity contribution in [3.05, 3.63) is 121 Å². The number of unbranched alkanes of at least 4 members (excludes halogenated alkanes) is 2. The van der Waals surface area contributed by atoms with Crippen molar-refractivity contribution < 1.29 is 29.0 Å². The van der Waals surface area contributed by atoms with Crippen LogP contribution in [0.5, 0.6) is 11.8 Å². The second-order valence-electron chi connectivity index (χ2n) is 12.2. The van der Waals surface area contributed by atoms with Crippen molar-refractivity contribution in [2.24, 2.45) is 0 Å². The van der Waals surface area contributed by atoms with E-state index in [4.69, 9.17) is 14.5 Å². The van der Waals surface area contributed by atoms with E-state index in [1.807, 2.05) is 48.8 Å². The van der Waals surface area contributed by atoms with Crippen molar-refractivity contribution in [1.29, 1.82) is 0 Å². The summed E-state index contributed by atoms with van der Waals surface area (Å²) in [6, 6.07) is 33.6. The number of hydrogen-bond acceptors (Lipinski definition) is 10. The Balaban J connectivity index is 1.06. The number of aryl methyl sites for hydroxylation is 1. The Morgan fingerprint density at radius 1 is 0.712 bits per heavy atom. The molecule has 0 spiro atoms. The van der Waals surface area contributed by atoms with Gasteiger partial charge >= 0.3 is 5.97 Å². The van der Waals surface area contributed by atoms with Crippen LogP contribution in [0, 0.1) is 0 Å². The van der Waals surface area contributed by atoms with Crippen LogP contribution >= 0.6 is 22.7 Å². The van der Waals surface area contributed by atoms with E-state index < -0.39 is 5.97 Å². The zero-order valence-electron chi connectivity index (χ0n) is 27.8. The number of benzene rings is 2. The highest BCUT2D eigenvalue weighted by Crippen LogP contribution is 2.44. The smallest absolute Gasteiger partial charge is 0.333 e. The Hall–Kier alpha value is -6.11. The maximum Gasteiger partial charge on any atom is 0.333 e. The van der Waals surface area contributed by atoms with Crippen molar-refractivity contribution in [2.45, 2.75) is 32.2 Å². The lowest BCUT2D eigenvalue weighted by molar-refractivity contribution is -0.697. The summed E-state index contributed by atoms with van der Waals surface area (Å²) in [5, 5.41) is 30.3. The topological polar surface area (TPSA) is 127 Å². The molecule has 258 valence electrons. The highest BCUT2D eigenvalue weighted by atomic mass is 32.1. The first kappa shape index (κ1) is 33.1. The molecule has 2 aromatic carbocycles. The van der Waals surface area contributed by atoms with Gasteiger partial charge in [0.05, 0.1) is 10.6 Å². The summed E-state index contributed by atoms with van der Waals surface area (Å²) in [5.41, 5.74) is 7.99. The molecule has 0 atom stereocenters. The minimum Gasteiger partial charge on any atom is -0.492 e. The van der Waals surface area contributed by atoms with Crippen LogP contribution in [0.15, 0.2) is 126 Å². The molecular formula is C40H32N5O5S2+. The SMILES string of the molecule is O=C(CCCCC[n+]1ccc(-c2nc(-c3ccc(-c4ccccc4)s3)c3nonc3c2-c2cc(-c3ccccc3)cs2)cc1)On1c(O)ccc1O. The van der Waals surface area contributed by atoms with Gasteiger partial charge < -0.3 is 15.1 Å².